The fraction of sp³-hybridized carbons (Fsp3) is 0.500. The van der Waals surface area contributed by atoms with E-state index in [9.17, 15) is 9.90 Å². The molecule has 3 atom stereocenters. The van der Waals surface area contributed by atoms with Gasteiger partial charge in [0.25, 0.3) is 0 Å². The maximum absolute atomic E-state index is 11.2. The quantitative estimate of drug-likeness (QED) is 0.753. The summed E-state index contributed by atoms with van der Waals surface area (Å²) in [5.41, 5.74) is 1.07. The minimum atomic E-state index is -0.654. The van der Waals surface area contributed by atoms with Crippen LogP contribution >= 0.6 is 11.8 Å². The van der Waals surface area contributed by atoms with Crippen molar-refractivity contribution in [3.8, 4) is 0 Å². The Balaban J connectivity index is 2.04. The number of carboxylic acid groups (broad SMARTS) is 1. The molecule has 0 saturated carbocycles. The molecule has 1 saturated heterocycles. The van der Waals surface area contributed by atoms with Gasteiger partial charge in [-0.2, -0.15) is 0 Å². The summed E-state index contributed by atoms with van der Waals surface area (Å²) in [5, 5.41) is 9.24. The Labute approximate surface area is 98.3 Å². The third-order valence-corrected chi connectivity index (χ3v) is 5.34. The lowest BCUT2D eigenvalue weighted by atomic mass is 9.74. The van der Waals surface area contributed by atoms with E-state index in [1.807, 2.05) is 18.2 Å². The molecule has 1 fully saturated rings. The number of carbonyl (C=O) groups is 1. The van der Waals surface area contributed by atoms with Gasteiger partial charge in [-0.25, -0.2) is 0 Å². The molecule has 1 spiro atoms. The Morgan fingerprint density at radius 3 is 3.25 bits per heavy atom. The van der Waals surface area contributed by atoms with Crippen molar-refractivity contribution in [3.63, 3.8) is 0 Å². The van der Waals surface area contributed by atoms with E-state index in [2.05, 4.69) is 11.1 Å². The van der Waals surface area contributed by atoms with Gasteiger partial charge in [-0.1, -0.05) is 18.2 Å². The van der Waals surface area contributed by atoms with Crippen molar-refractivity contribution in [3.05, 3.63) is 24.3 Å². The van der Waals surface area contributed by atoms with Gasteiger partial charge in [-0.15, -0.1) is 11.8 Å². The number of aliphatic carboxylic acids is 1. The van der Waals surface area contributed by atoms with Crippen molar-refractivity contribution in [2.24, 2.45) is 16.8 Å². The molecule has 3 aliphatic rings. The van der Waals surface area contributed by atoms with Gasteiger partial charge in [-0.3, -0.25) is 9.79 Å². The maximum Gasteiger partial charge on any atom is 0.307 e. The topological polar surface area (TPSA) is 49.7 Å². The highest BCUT2D eigenvalue weighted by atomic mass is 32.2. The molecule has 0 radical (unpaired) electrons. The van der Waals surface area contributed by atoms with E-state index in [0.29, 0.717) is 5.75 Å². The van der Waals surface area contributed by atoms with E-state index in [1.54, 1.807) is 11.8 Å². The number of nitrogens with zero attached hydrogens (tertiary/aromatic N) is 1. The molecule has 2 unspecified atom stereocenters. The van der Waals surface area contributed by atoms with Gasteiger partial charge in [-0.05, 0) is 18.4 Å². The molecule has 0 aromatic rings. The smallest absolute Gasteiger partial charge is 0.307 e. The molecule has 16 heavy (non-hydrogen) atoms. The second-order valence-corrected chi connectivity index (χ2v) is 5.73. The Kier molecular flexibility index (Phi) is 2.21. The van der Waals surface area contributed by atoms with Gasteiger partial charge in [0.2, 0.25) is 0 Å². The SMILES string of the molecule is O=C(O)[C@@H]1CSC23C=CC=CC2=NCCC13. The lowest BCUT2D eigenvalue weighted by molar-refractivity contribution is -0.142. The third-order valence-electron chi connectivity index (χ3n) is 3.69. The van der Waals surface area contributed by atoms with Gasteiger partial charge in [0, 0.05) is 12.3 Å². The summed E-state index contributed by atoms with van der Waals surface area (Å²) < 4.78 is -0.143. The first-order chi connectivity index (χ1) is 7.74. The van der Waals surface area contributed by atoms with Crippen LogP contribution in [0.3, 0.4) is 0 Å². The van der Waals surface area contributed by atoms with E-state index >= 15 is 0 Å². The zero-order valence-electron chi connectivity index (χ0n) is 8.80. The predicted octanol–water partition coefficient (Wildman–Crippen LogP) is 1.76. The van der Waals surface area contributed by atoms with Crippen molar-refractivity contribution in [1.29, 1.82) is 0 Å². The highest BCUT2D eigenvalue weighted by Crippen LogP contribution is 2.52. The van der Waals surface area contributed by atoms with E-state index in [4.69, 9.17) is 0 Å². The van der Waals surface area contributed by atoms with Crippen molar-refractivity contribution < 1.29 is 9.90 Å². The van der Waals surface area contributed by atoms with Crippen LogP contribution in [0.2, 0.25) is 0 Å². The van der Waals surface area contributed by atoms with Gasteiger partial charge in [0.1, 0.15) is 0 Å². The molecular weight excluding hydrogens is 222 g/mol. The summed E-state index contributed by atoms with van der Waals surface area (Å²) in [4.78, 5) is 15.8. The summed E-state index contributed by atoms with van der Waals surface area (Å²) in [6, 6.07) is 0. The van der Waals surface area contributed by atoms with Crippen molar-refractivity contribution in [2.75, 3.05) is 12.3 Å². The molecule has 2 heterocycles. The highest BCUT2D eigenvalue weighted by Gasteiger charge is 2.54. The van der Waals surface area contributed by atoms with Crippen molar-refractivity contribution in [2.45, 2.75) is 11.2 Å². The van der Waals surface area contributed by atoms with E-state index in [-0.39, 0.29) is 16.6 Å². The van der Waals surface area contributed by atoms with Gasteiger partial charge in [0.05, 0.1) is 16.4 Å². The molecule has 3 rings (SSSR count). The van der Waals surface area contributed by atoms with E-state index < -0.39 is 5.97 Å². The molecule has 2 aliphatic heterocycles. The van der Waals surface area contributed by atoms with Crippen molar-refractivity contribution >= 4 is 23.4 Å². The average Bonchev–Trinajstić information content (AvgIpc) is 2.66. The molecule has 1 N–H and O–H groups in total. The van der Waals surface area contributed by atoms with Crippen LogP contribution in [0.25, 0.3) is 0 Å². The first kappa shape index (κ1) is 10.1. The maximum atomic E-state index is 11.2. The first-order valence-electron chi connectivity index (χ1n) is 5.51. The second kappa shape index (κ2) is 3.48. The Hall–Kier alpha value is -1.03. The minimum Gasteiger partial charge on any atom is -0.481 e. The molecule has 0 aromatic heterocycles. The van der Waals surface area contributed by atoms with Gasteiger partial charge in [0.15, 0.2) is 0 Å². The number of carboxylic acids is 1. The van der Waals surface area contributed by atoms with Crippen LogP contribution in [0.1, 0.15) is 6.42 Å². The molecule has 0 amide bonds. The van der Waals surface area contributed by atoms with Crippen molar-refractivity contribution in [1.82, 2.24) is 0 Å². The first-order valence-corrected chi connectivity index (χ1v) is 6.50. The Bertz CT molecular complexity index is 427. The van der Waals surface area contributed by atoms with Crippen LogP contribution in [0.15, 0.2) is 29.3 Å². The number of thioether (sulfide) groups is 1. The predicted molar refractivity (Wildman–Crippen MR) is 65.0 cm³/mol. The zero-order chi connectivity index (χ0) is 11.2. The molecular formula is C12H13NO2S. The number of aliphatic imine (C=N–C) groups is 1. The summed E-state index contributed by atoms with van der Waals surface area (Å²) >= 11 is 1.74. The number of hydrogen-bond donors (Lipinski definition) is 1. The third kappa shape index (κ3) is 1.22. The van der Waals surface area contributed by atoms with Crippen LogP contribution in [0.5, 0.6) is 0 Å². The Morgan fingerprint density at radius 2 is 2.44 bits per heavy atom. The minimum absolute atomic E-state index is 0.143. The average molecular weight is 235 g/mol. The number of hydrogen-bond acceptors (Lipinski definition) is 3. The molecule has 1 aliphatic carbocycles. The lowest BCUT2D eigenvalue weighted by Crippen LogP contribution is -2.44. The summed E-state index contributed by atoms with van der Waals surface area (Å²) in [5.74, 6) is 0.0472. The lowest BCUT2D eigenvalue weighted by Gasteiger charge is -2.37. The van der Waals surface area contributed by atoms with Crippen LogP contribution < -0.4 is 0 Å². The Morgan fingerprint density at radius 1 is 1.56 bits per heavy atom. The molecule has 0 bridgehead atoms. The second-order valence-electron chi connectivity index (χ2n) is 4.43. The summed E-state index contributed by atoms with van der Waals surface area (Å²) in [7, 11) is 0. The molecule has 4 heteroatoms. The molecule has 84 valence electrons. The normalized spacial score (nSPS) is 40.1. The highest BCUT2D eigenvalue weighted by molar-refractivity contribution is 8.02. The van der Waals surface area contributed by atoms with Crippen LogP contribution in [-0.2, 0) is 4.79 Å². The molecule has 3 nitrogen and oxygen atoms in total. The fourth-order valence-electron chi connectivity index (χ4n) is 2.91. The van der Waals surface area contributed by atoms with Crippen LogP contribution in [0, 0.1) is 11.8 Å². The summed E-state index contributed by atoms with van der Waals surface area (Å²) in [6.07, 6.45) is 9.08. The fourth-order valence-corrected chi connectivity index (χ4v) is 4.69. The van der Waals surface area contributed by atoms with Crippen LogP contribution in [-0.4, -0.2) is 33.8 Å². The van der Waals surface area contributed by atoms with Gasteiger partial charge >= 0.3 is 5.97 Å². The zero-order valence-corrected chi connectivity index (χ0v) is 9.61. The van der Waals surface area contributed by atoms with E-state index in [0.717, 1.165) is 18.7 Å². The largest absolute Gasteiger partial charge is 0.481 e. The van der Waals surface area contributed by atoms with E-state index in [1.165, 1.54) is 0 Å². The summed E-state index contributed by atoms with van der Waals surface area (Å²) in [6.45, 7) is 0.768. The molecule has 0 aromatic carbocycles. The number of rotatable bonds is 1. The van der Waals surface area contributed by atoms with Crippen LogP contribution in [0.4, 0.5) is 0 Å². The monoisotopic (exact) mass is 235 g/mol. The standard InChI is InChI=1S/C12H13NO2S/c14-11(15)8-7-16-12-5-2-1-3-10(12)13-6-4-9(8)12/h1-3,5,8-9H,4,6-7H2,(H,14,15)/t8-,9?,12?/m1/s1. The number of allylic oxidation sites excluding steroid dienone is 3. The van der Waals surface area contributed by atoms with Gasteiger partial charge < -0.3 is 5.11 Å².